The minimum absolute atomic E-state index is 0. The van der Waals surface area contributed by atoms with Gasteiger partial charge in [-0.25, -0.2) is 8.42 Å². The van der Waals surface area contributed by atoms with Crippen molar-refractivity contribution >= 4 is 10.1 Å². The number of hydrogen-bond donors (Lipinski definition) is 1. The second-order valence-electron chi connectivity index (χ2n) is 3.94. The van der Waals surface area contributed by atoms with E-state index in [4.69, 9.17) is 0 Å². The average Bonchev–Trinajstić information content (AvgIpc) is 2.12. The van der Waals surface area contributed by atoms with Gasteiger partial charge in [-0.2, -0.15) is 0 Å². The molecule has 0 fully saturated rings. The molecule has 0 rings (SSSR count). The summed E-state index contributed by atoms with van der Waals surface area (Å²) in [7, 11) is -4.26. The Morgan fingerprint density at radius 1 is 1.19 bits per heavy atom. The Balaban J connectivity index is 0. The third-order valence-electron chi connectivity index (χ3n) is 2.44. The van der Waals surface area contributed by atoms with Crippen molar-refractivity contribution < 1.29 is 69.5 Å². The van der Waals surface area contributed by atoms with Crippen LogP contribution in [-0.2, 0) is 10.1 Å². The molecule has 0 saturated carbocycles. The minimum atomic E-state index is -4.26. The molecule has 0 aromatic carbocycles. The van der Waals surface area contributed by atoms with E-state index in [0.717, 1.165) is 12.8 Å². The zero-order valence-corrected chi connectivity index (χ0v) is 14.4. The smallest absolute Gasteiger partial charge is 0.748 e. The maximum absolute atomic E-state index is 10.9. The molecule has 6 heteroatoms. The van der Waals surface area contributed by atoms with Crippen molar-refractivity contribution in [3.8, 4) is 0 Å². The second kappa shape index (κ2) is 10.4. The molecule has 0 amide bonds. The Hall–Kier alpha value is 1.51. The second-order valence-corrected chi connectivity index (χ2v) is 5.59. The van der Waals surface area contributed by atoms with Crippen molar-refractivity contribution in [1.82, 2.24) is 0 Å². The Morgan fingerprint density at radius 3 is 2.12 bits per heavy atom. The van der Waals surface area contributed by atoms with Gasteiger partial charge in [-0.1, -0.05) is 33.1 Å². The van der Waals surface area contributed by atoms with Gasteiger partial charge >= 0.3 is 51.4 Å². The maximum atomic E-state index is 10.9. The number of aliphatic hydroxyl groups excluding tert-OH is 1. The standard InChI is InChI=1S/C10H22O4S.K/c1-3-5-7-9(11)8-10(6-4-2)15(12,13)14;/h9-11H,3-8H2,1-2H3,(H,12,13,14);/q;+1/p-1. The fourth-order valence-electron chi connectivity index (χ4n) is 1.56. The van der Waals surface area contributed by atoms with E-state index in [1.165, 1.54) is 0 Å². The Labute approximate surface area is 141 Å². The van der Waals surface area contributed by atoms with Gasteiger partial charge in [0.2, 0.25) is 0 Å². The van der Waals surface area contributed by atoms with Crippen molar-refractivity contribution in [3.63, 3.8) is 0 Å². The van der Waals surface area contributed by atoms with Gasteiger partial charge in [0.05, 0.1) is 21.5 Å². The van der Waals surface area contributed by atoms with Crippen molar-refractivity contribution in [2.75, 3.05) is 0 Å². The fraction of sp³-hybridized carbons (Fsp3) is 1.00. The predicted molar refractivity (Wildman–Crippen MR) is 58.5 cm³/mol. The molecule has 2 atom stereocenters. The molecule has 92 valence electrons. The molecule has 0 aliphatic carbocycles. The van der Waals surface area contributed by atoms with Crippen LogP contribution in [0, 0.1) is 0 Å². The van der Waals surface area contributed by atoms with Crippen LogP contribution in [0.3, 0.4) is 0 Å². The summed E-state index contributed by atoms with van der Waals surface area (Å²) in [6.45, 7) is 3.83. The molecule has 0 bridgehead atoms. The quantitative estimate of drug-likeness (QED) is 0.439. The van der Waals surface area contributed by atoms with E-state index < -0.39 is 21.5 Å². The number of aliphatic hydroxyl groups is 1. The molecule has 0 radical (unpaired) electrons. The van der Waals surface area contributed by atoms with Crippen molar-refractivity contribution in [1.29, 1.82) is 0 Å². The van der Waals surface area contributed by atoms with Crippen LogP contribution in [0.2, 0.25) is 0 Å². The van der Waals surface area contributed by atoms with Gasteiger partial charge in [0.1, 0.15) is 0 Å². The largest absolute Gasteiger partial charge is 1.00 e. The molecule has 0 aromatic heterocycles. The molecule has 16 heavy (non-hydrogen) atoms. The molecular weight excluding hydrogens is 255 g/mol. The van der Waals surface area contributed by atoms with Gasteiger partial charge in [-0.05, 0) is 19.3 Å². The summed E-state index contributed by atoms with van der Waals surface area (Å²) in [4.78, 5) is 0. The van der Waals surface area contributed by atoms with E-state index in [2.05, 4.69) is 0 Å². The summed E-state index contributed by atoms with van der Waals surface area (Å²) in [5, 5.41) is 8.62. The van der Waals surface area contributed by atoms with E-state index in [1.54, 1.807) is 0 Å². The number of rotatable bonds is 8. The Bertz CT molecular complexity index is 254. The van der Waals surface area contributed by atoms with Crippen molar-refractivity contribution in [2.45, 2.75) is 63.7 Å². The summed E-state index contributed by atoms with van der Waals surface area (Å²) in [5.41, 5.74) is 0. The Morgan fingerprint density at radius 2 is 1.75 bits per heavy atom. The average molecular weight is 276 g/mol. The minimum Gasteiger partial charge on any atom is -0.748 e. The summed E-state index contributed by atoms with van der Waals surface area (Å²) < 4.78 is 32.6. The van der Waals surface area contributed by atoms with Gasteiger partial charge in [0.15, 0.2) is 0 Å². The first-order valence-corrected chi connectivity index (χ1v) is 7.01. The molecule has 0 saturated heterocycles. The zero-order valence-electron chi connectivity index (χ0n) is 10.5. The van der Waals surface area contributed by atoms with Gasteiger partial charge in [0.25, 0.3) is 0 Å². The summed E-state index contributed by atoms with van der Waals surface area (Å²) >= 11 is 0. The van der Waals surface area contributed by atoms with E-state index >= 15 is 0 Å². The molecule has 1 N–H and O–H groups in total. The Kier molecular flexibility index (Phi) is 12.9. The van der Waals surface area contributed by atoms with Gasteiger partial charge in [-0.3, -0.25) is 0 Å². The van der Waals surface area contributed by atoms with Crippen LogP contribution >= 0.6 is 0 Å². The molecule has 4 nitrogen and oxygen atoms in total. The van der Waals surface area contributed by atoms with Gasteiger partial charge in [-0.15, -0.1) is 0 Å². The molecule has 0 spiro atoms. The molecule has 0 aliphatic heterocycles. The monoisotopic (exact) mass is 276 g/mol. The molecule has 0 aromatic rings. The topological polar surface area (TPSA) is 77.4 Å². The van der Waals surface area contributed by atoms with Crippen LogP contribution in [0.1, 0.15) is 52.4 Å². The number of hydrogen-bond acceptors (Lipinski definition) is 4. The molecule has 0 aliphatic rings. The summed E-state index contributed by atoms with van der Waals surface area (Å²) in [5.74, 6) is 0. The summed E-state index contributed by atoms with van der Waals surface area (Å²) in [6.07, 6.45) is 2.80. The SMILES string of the molecule is CCCCC(O)CC(CCC)S(=O)(=O)[O-].[K+]. The van der Waals surface area contributed by atoms with Crippen LogP contribution < -0.4 is 51.4 Å². The van der Waals surface area contributed by atoms with Crippen LogP contribution in [0.15, 0.2) is 0 Å². The maximum Gasteiger partial charge on any atom is 1.00 e. The predicted octanol–water partition coefficient (Wildman–Crippen LogP) is -1.35. The van der Waals surface area contributed by atoms with Crippen LogP contribution in [0.25, 0.3) is 0 Å². The summed E-state index contributed by atoms with van der Waals surface area (Å²) in [6, 6.07) is 0. The van der Waals surface area contributed by atoms with E-state index in [9.17, 15) is 18.1 Å². The van der Waals surface area contributed by atoms with Crippen molar-refractivity contribution in [3.05, 3.63) is 0 Å². The third kappa shape index (κ3) is 9.53. The normalized spacial score (nSPS) is 15.2. The first-order valence-electron chi connectivity index (χ1n) is 5.54. The fourth-order valence-corrected chi connectivity index (χ4v) is 2.55. The van der Waals surface area contributed by atoms with E-state index in [1.807, 2.05) is 13.8 Å². The first-order chi connectivity index (χ1) is 6.91. The third-order valence-corrected chi connectivity index (χ3v) is 3.69. The zero-order chi connectivity index (χ0) is 11.9. The molecule has 0 heterocycles. The van der Waals surface area contributed by atoms with Gasteiger partial charge in [0, 0.05) is 0 Å². The van der Waals surface area contributed by atoms with Gasteiger partial charge < -0.3 is 9.66 Å². The number of unbranched alkanes of at least 4 members (excludes halogenated alkanes) is 1. The first kappa shape index (κ1) is 19.8. The molecular formula is C10H21KO4S. The molecule has 2 unspecified atom stereocenters. The van der Waals surface area contributed by atoms with Crippen LogP contribution in [0.4, 0.5) is 0 Å². The van der Waals surface area contributed by atoms with E-state index in [0.29, 0.717) is 19.3 Å². The van der Waals surface area contributed by atoms with Crippen LogP contribution in [-0.4, -0.2) is 29.4 Å². The van der Waals surface area contributed by atoms with E-state index in [-0.39, 0.29) is 57.8 Å². The van der Waals surface area contributed by atoms with Crippen molar-refractivity contribution in [2.24, 2.45) is 0 Å². The van der Waals surface area contributed by atoms with Crippen LogP contribution in [0.5, 0.6) is 0 Å².